The molecule has 5 rings (SSSR count). The molecule has 0 spiro atoms. The highest BCUT2D eigenvalue weighted by molar-refractivity contribution is 7.98. The molecule has 0 fully saturated rings. The van der Waals surface area contributed by atoms with E-state index in [1.807, 2.05) is 30.3 Å². The lowest BCUT2D eigenvalue weighted by molar-refractivity contribution is -0.759. The van der Waals surface area contributed by atoms with Crippen molar-refractivity contribution >= 4 is 17.4 Å². The molecule has 3 N–H and O–H groups in total. The number of fused-ring (bicyclic) bond motifs is 3. The summed E-state index contributed by atoms with van der Waals surface area (Å²) in [6, 6.07) is 21.1. The molecule has 166 valence electrons. The van der Waals surface area contributed by atoms with Crippen LogP contribution >= 0.6 is 11.8 Å². The van der Waals surface area contributed by atoms with Gasteiger partial charge >= 0.3 is 11.3 Å². The van der Waals surface area contributed by atoms with Crippen molar-refractivity contribution in [1.29, 1.82) is 0 Å². The van der Waals surface area contributed by atoms with Crippen molar-refractivity contribution < 1.29 is 14.5 Å². The molecule has 7 nitrogen and oxygen atoms in total. The fourth-order valence-corrected chi connectivity index (χ4v) is 4.70. The smallest absolute Gasteiger partial charge is 0.325 e. The maximum Gasteiger partial charge on any atom is 0.325 e. The first-order valence-corrected chi connectivity index (χ1v) is 11.5. The van der Waals surface area contributed by atoms with Gasteiger partial charge in [0.2, 0.25) is 5.16 Å². The van der Waals surface area contributed by atoms with Crippen LogP contribution in [0, 0.1) is 6.92 Å². The topological polar surface area (TPSA) is 91.1 Å². The third-order valence-electron chi connectivity index (χ3n) is 5.60. The van der Waals surface area contributed by atoms with Crippen molar-refractivity contribution in [3.63, 3.8) is 0 Å². The summed E-state index contributed by atoms with van der Waals surface area (Å²) in [6.45, 7) is 2.05. The molecule has 1 aliphatic rings. The van der Waals surface area contributed by atoms with E-state index in [2.05, 4.69) is 41.5 Å². The number of methoxy groups -OCH3 is 1. The number of para-hydroxylation sites is 1. The van der Waals surface area contributed by atoms with E-state index in [4.69, 9.17) is 9.84 Å². The zero-order valence-electron chi connectivity index (χ0n) is 18.2. The number of nitrogens with zero attached hydrogens (tertiary/aromatic N) is 2. The molecule has 0 aliphatic carbocycles. The Balaban J connectivity index is 1.58. The van der Waals surface area contributed by atoms with Crippen LogP contribution in [-0.2, 0) is 5.75 Å². The fraction of sp³-hybridized carbons (Fsp3) is 0.160. The molecule has 0 unspecified atom stereocenters. The first-order chi connectivity index (χ1) is 16.0. The van der Waals surface area contributed by atoms with E-state index in [-0.39, 0.29) is 11.3 Å². The van der Waals surface area contributed by atoms with Gasteiger partial charge in [0, 0.05) is 16.4 Å². The zero-order valence-corrected chi connectivity index (χ0v) is 19.0. The number of anilines is 1. The molecule has 1 atom stereocenters. The molecule has 0 radical (unpaired) electrons. The third kappa shape index (κ3) is 4.05. The number of phenols is 1. The molecule has 0 saturated carbocycles. The van der Waals surface area contributed by atoms with E-state index in [0.29, 0.717) is 22.4 Å². The first-order valence-electron chi connectivity index (χ1n) is 10.5. The highest BCUT2D eigenvalue weighted by atomic mass is 32.2. The average Bonchev–Trinajstić information content (AvgIpc) is 2.83. The fourth-order valence-electron chi connectivity index (χ4n) is 3.89. The van der Waals surface area contributed by atoms with Gasteiger partial charge in [-0.25, -0.2) is 0 Å². The molecule has 2 heterocycles. The second-order valence-corrected chi connectivity index (χ2v) is 8.81. The summed E-state index contributed by atoms with van der Waals surface area (Å²) in [6.07, 6.45) is -0.479. The van der Waals surface area contributed by atoms with Crippen molar-refractivity contribution in [2.75, 3.05) is 12.4 Å². The number of ether oxygens (including phenoxy) is 1. The summed E-state index contributed by atoms with van der Waals surface area (Å²) in [5.41, 5.74) is 4.95. The molecule has 1 aliphatic heterocycles. The van der Waals surface area contributed by atoms with E-state index in [9.17, 15) is 9.90 Å². The normalized spacial score (nSPS) is 14.2. The lowest BCUT2D eigenvalue weighted by Gasteiger charge is -2.22. The van der Waals surface area contributed by atoms with Crippen LogP contribution in [-0.4, -0.2) is 22.3 Å². The summed E-state index contributed by atoms with van der Waals surface area (Å²) in [5.74, 6) is 1.09. The second-order valence-electron chi connectivity index (χ2n) is 7.85. The van der Waals surface area contributed by atoms with Gasteiger partial charge in [-0.05, 0) is 47.5 Å². The molecular weight excluding hydrogens is 436 g/mol. The van der Waals surface area contributed by atoms with Crippen molar-refractivity contribution in [3.05, 3.63) is 93.8 Å². The number of benzene rings is 3. The number of rotatable bonds is 5. The number of hydrogen-bond acceptors (Lipinski definition) is 6. The predicted octanol–water partition coefficient (Wildman–Crippen LogP) is 4.01. The largest absolute Gasteiger partial charge is 0.504 e. The Kier molecular flexibility index (Phi) is 5.51. The molecule has 0 saturated heterocycles. The highest BCUT2D eigenvalue weighted by Crippen LogP contribution is 2.34. The minimum absolute atomic E-state index is 0.0246. The predicted molar refractivity (Wildman–Crippen MR) is 128 cm³/mol. The van der Waals surface area contributed by atoms with E-state index < -0.39 is 6.17 Å². The summed E-state index contributed by atoms with van der Waals surface area (Å²) < 4.78 is 6.88. The molecule has 4 aromatic rings. The molecule has 0 bridgehead atoms. The van der Waals surface area contributed by atoms with Crippen LogP contribution in [0.4, 0.5) is 5.69 Å². The Labute approximate surface area is 195 Å². The Morgan fingerprint density at radius 2 is 1.91 bits per heavy atom. The quantitative estimate of drug-likeness (QED) is 0.309. The van der Waals surface area contributed by atoms with Crippen LogP contribution in [0.15, 0.2) is 76.7 Å². The van der Waals surface area contributed by atoms with Crippen LogP contribution in [0.1, 0.15) is 22.9 Å². The Morgan fingerprint density at radius 1 is 1.12 bits per heavy atom. The third-order valence-corrected chi connectivity index (χ3v) is 6.53. The van der Waals surface area contributed by atoms with Crippen molar-refractivity contribution in [2.45, 2.75) is 24.0 Å². The highest BCUT2D eigenvalue weighted by Gasteiger charge is 2.37. The van der Waals surface area contributed by atoms with Gasteiger partial charge in [-0.2, -0.15) is 0 Å². The summed E-state index contributed by atoms with van der Waals surface area (Å²) >= 11 is 1.47. The minimum atomic E-state index is -0.479. The number of aryl methyl sites for hydroxylation is 1. The Bertz CT molecular complexity index is 1390. The van der Waals surface area contributed by atoms with Crippen molar-refractivity contribution in [1.82, 2.24) is 10.1 Å². The Morgan fingerprint density at radius 3 is 2.67 bits per heavy atom. The number of aromatic nitrogens is 3. The zero-order chi connectivity index (χ0) is 22.9. The summed E-state index contributed by atoms with van der Waals surface area (Å²) in [5, 5.41) is 19.1. The minimum Gasteiger partial charge on any atom is -0.504 e. The van der Waals surface area contributed by atoms with Gasteiger partial charge in [0.25, 0.3) is 6.17 Å². The van der Waals surface area contributed by atoms with E-state index >= 15 is 0 Å². The van der Waals surface area contributed by atoms with Gasteiger partial charge in [0.05, 0.1) is 18.4 Å². The van der Waals surface area contributed by atoms with Crippen LogP contribution in [0.2, 0.25) is 0 Å². The maximum atomic E-state index is 13.2. The second kappa shape index (κ2) is 8.63. The van der Waals surface area contributed by atoms with Crippen molar-refractivity contribution in [3.8, 4) is 22.8 Å². The van der Waals surface area contributed by atoms with Crippen LogP contribution < -0.4 is 20.3 Å². The van der Waals surface area contributed by atoms with Crippen LogP contribution in [0.5, 0.6) is 11.5 Å². The van der Waals surface area contributed by atoms with Gasteiger partial charge in [-0.15, -0.1) is 0 Å². The van der Waals surface area contributed by atoms with Crippen molar-refractivity contribution in [2.24, 2.45) is 0 Å². The molecular formula is C25H23N4O3S+. The number of hydrogen-bond donors (Lipinski definition) is 3. The Hall–Kier alpha value is -3.78. The summed E-state index contributed by atoms with van der Waals surface area (Å²) in [4.78, 5) is 16.2. The van der Waals surface area contributed by atoms with Crippen LogP contribution in [0.3, 0.4) is 0 Å². The molecule has 1 aromatic heterocycles. The first kappa shape index (κ1) is 21.1. The number of aromatic hydroxyl groups is 1. The van der Waals surface area contributed by atoms with E-state index in [1.165, 1.54) is 24.4 Å². The van der Waals surface area contributed by atoms with Gasteiger partial charge in [0.15, 0.2) is 11.5 Å². The number of nitrogens with one attached hydrogen (secondary N) is 2. The number of thioether (sulfide) groups is 1. The molecule has 8 heteroatoms. The SMILES string of the molecule is COc1ccc([C@@H]2Nc3ccccc3-c3c(=O)[nH]c(SCc4ccc(C)cc4)n[n+]32)cc1O. The van der Waals surface area contributed by atoms with Gasteiger partial charge < -0.3 is 15.2 Å². The number of H-pyrrole nitrogens is 1. The lowest BCUT2D eigenvalue weighted by Crippen LogP contribution is -2.55. The molecule has 33 heavy (non-hydrogen) atoms. The average molecular weight is 460 g/mol. The lowest BCUT2D eigenvalue weighted by atomic mass is 10.0. The summed E-state index contributed by atoms with van der Waals surface area (Å²) in [7, 11) is 1.51. The van der Waals surface area contributed by atoms with Gasteiger partial charge in [-0.3, -0.25) is 9.78 Å². The number of aromatic amines is 1. The monoisotopic (exact) mass is 459 g/mol. The van der Waals surface area contributed by atoms with E-state index in [1.54, 1.807) is 16.8 Å². The number of phenolic OH excluding ortho intramolecular Hbond substituents is 1. The maximum absolute atomic E-state index is 13.2. The van der Waals surface area contributed by atoms with Crippen LogP contribution in [0.25, 0.3) is 11.3 Å². The van der Waals surface area contributed by atoms with Gasteiger partial charge in [-0.1, -0.05) is 53.7 Å². The van der Waals surface area contributed by atoms with Gasteiger partial charge in [0.1, 0.15) is 0 Å². The standard InChI is InChI=1S/C25H22N4O3S/c1-15-7-9-16(10-8-15)14-33-25-27-24(31)22-18-5-3-4-6-19(18)26-23(29(22)28-25)17-11-12-21(32-2)20(30)13-17/h3-13,23H,14H2,1-2H3,(H2,27,28,30,31)/p+1/t23-/m1/s1. The molecule has 0 amide bonds. The molecule has 3 aromatic carbocycles. The van der Waals surface area contributed by atoms with E-state index in [0.717, 1.165) is 22.4 Å².